The van der Waals surface area contributed by atoms with Crippen LogP contribution in [-0.4, -0.2) is 17.2 Å². The molecule has 1 saturated carbocycles. The first kappa shape index (κ1) is 10.6. The van der Waals surface area contributed by atoms with E-state index in [1.54, 1.807) is 6.07 Å². The molecule has 0 saturated heterocycles. The molecule has 0 unspecified atom stereocenters. The molecular weight excluding hydrogens is 206 g/mol. The summed E-state index contributed by atoms with van der Waals surface area (Å²) < 4.78 is 0. The van der Waals surface area contributed by atoms with E-state index in [0.717, 1.165) is 12.8 Å². The first-order chi connectivity index (χ1) is 7.65. The van der Waals surface area contributed by atoms with E-state index >= 15 is 0 Å². The highest BCUT2D eigenvalue weighted by Crippen LogP contribution is 2.23. The topological polar surface area (TPSA) is 87.4 Å². The molecule has 0 spiro atoms. The average Bonchev–Trinajstić information content (AvgIpc) is 2.16. The number of nitrogens with two attached hydrogens (primary N) is 1. The van der Waals surface area contributed by atoms with E-state index in [0.29, 0.717) is 17.4 Å². The van der Waals surface area contributed by atoms with Crippen molar-refractivity contribution < 1.29 is 9.90 Å². The normalized spacial score (nSPS) is 15.2. The van der Waals surface area contributed by atoms with E-state index in [1.807, 2.05) is 0 Å². The lowest BCUT2D eigenvalue weighted by Crippen LogP contribution is -2.41. The molecule has 16 heavy (non-hydrogen) atoms. The van der Waals surface area contributed by atoms with Gasteiger partial charge in [-0.3, -0.25) is 0 Å². The van der Waals surface area contributed by atoms with Gasteiger partial charge in [0.2, 0.25) is 0 Å². The first-order valence-corrected chi connectivity index (χ1v) is 5.31. The number of hydrogen-bond acceptors (Lipinski definition) is 3. The Balaban J connectivity index is 1.94. The summed E-state index contributed by atoms with van der Waals surface area (Å²) in [6.07, 6.45) is 3.25. The monoisotopic (exact) mass is 221 g/mol. The lowest BCUT2D eigenvalue weighted by molar-refractivity contribution is 0.240. The summed E-state index contributed by atoms with van der Waals surface area (Å²) in [4.78, 5) is 11.5. The van der Waals surface area contributed by atoms with Gasteiger partial charge >= 0.3 is 6.03 Å². The number of phenols is 1. The van der Waals surface area contributed by atoms with E-state index in [4.69, 9.17) is 10.8 Å². The zero-order chi connectivity index (χ0) is 11.5. The van der Waals surface area contributed by atoms with Crippen molar-refractivity contribution >= 4 is 17.4 Å². The maximum atomic E-state index is 11.5. The summed E-state index contributed by atoms with van der Waals surface area (Å²) in [7, 11) is 0. The van der Waals surface area contributed by atoms with Crippen LogP contribution in [0.2, 0.25) is 0 Å². The molecule has 0 radical (unpaired) electrons. The molecular formula is C11H15N3O2. The maximum absolute atomic E-state index is 11.5. The number of carbonyl (C=O) groups is 1. The van der Waals surface area contributed by atoms with Gasteiger partial charge < -0.3 is 21.5 Å². The largest absolute Gasteiger partial charge is 0.508 e. The zero-order valence-corrected chi connectivity index (χ0v) is 8.86. The highest BCUT2D eigenvalue weighted by atomic mass is 16.3. The Morgan fingerprint density at radius 3 is 2.75 bits per heavy atom. The van der Waals surface area contributed by atoms with Crippen molar-refractivity contribution in [1.29, 1.82) is 0 Å². The molecule has 1 aromatic rings. The van der Waals surface area contributed by atoms with Crippen LogP contribution in [0.5, 0.6) is 5.75 Å². The van der Waals surface area contributed by atoms with Gasteiger partial charge in [-0.05, 0) is 31.4 Å². The van der Waals surface area contributed by atoms with E-state index < -0.39 is 0 Å². The second-order valence-electron chi connectivity index (χ2n) is 4.00. The number of phenolic OH excluding ortho intramolecular Hbond substituents is 1. The Morgan fingerprint density at radius 1 is 1.44 bits per heavy atom. The van der Waals surface area contributed by atoms with Crippen molar-refractivity contribution in [2.75, 3.05) is 11.1 Å². The molecule has 1 aromatic carbocycles. The SMILES string of the molecule is Nc1cc(O)ccc1NC(=O)NC1CCC1. The fourth-order valence-corrected chi connectivity index (χ4v) is 1.56. The van der Waals surface area contributed by atoms with E-state index in [1.165, 1.54) is 18.6 Å². The second-order valence-corrected chi connectivity index (χ2v) is 4.00. The number of carbonyl (C=O) groups excluding carboxylic acids is 1. The number of hydrogen-bond donors (Lipinski definition) is 4. The van der Waals surface area contributed by atoms with Gasteiger partial charge in [-0.15, -0.1) is 0 Å². The van der Waals surface area contributed by atoms with Gasteiger partial charge in [0, 0.05) is 12.1 Å². The molecule has 1 fully saturated rings. The van der Waals surface area contributed by atoms with E-state index in [2.05, 4.69) is 10.6 Å². The highest BCUT2D eigenvalue weighted by Gasteiger charge is 2.19. The van der Waals surface area contributed by atoms with Crippen LogP contribution in [0.25, 0.3) is 0 Å². The number of nitrogens with one attached hydrogen (secondary N) is 2. The van der Waals surface area contributed by atoms with Crippen molar-refractivity contribution in [2.45, 2.75) is 25.3 Å². The highest BCUT2D eigenvalue weighted by molar-refractivity contribution is 5.93. The summed E-state index contributed by atoms with van der Waals surface area (Å²) in [5.74, 6) is 0.0856. The molecule has 2 rings (SSSR count). The molecule has 0 bridgehead atoms. The Bertz CT molecular complexity index is 402. The van der Waals surface area contributed by atoms with Gasteiger partial charge in [0.15, 0.2) is 0 Å². The summed E-state index contributed by atoms with van der Waals surface area (Å²) in [5, 5.41) is 14.6. The molecule has 1 aliphatic rings. The summed E-state index contributed by atoms with van der Waals surface area (Å²) in [6, 6.07) is 4.50. The quantitative estimate of drug-likeness (QED) is 0.452. The van der Waals surface area contributed by atoms with E-state index in [-0.39, 0.29) is 11.8 Å². The summed E-state index contributed by atoms with van der Waals surface area (Å²) >= 11 is 0. The van der Waals surface area contributed by atoms with Crippen molar-refractivity contribution in [1.82, 2.24) is 5.32 Å². The standard InChI is InChI=1S/C11H15N3O2/c12-9-6-8(15)4-5-10(9)14-11(16)13-7-2-1-3-7/h4-7,15H,1-3,12H2,(H2,13,14,16). The molecule has 0 aromatic heterocycles. The van der Waals surface area contributed by atoms with Gasteiger partial charge in [0.1, 0.15) is 5.75 Å². The van der Waals surface area contributed by atoms with Gasteiger partial charge in [-0.2, -0.15) is 0 Å². The molecule has 5 nitrogen and oxygen atoms in total. The fraction of sp³-hybridized carbons (Fsp3) is 0.364. The van der Waals surface area contributed by atoms with Crippen LogP contribution in [0.3, 0.4) is 0 Å². The second kappa shape index (κ2) is 4.30. The number of nitrogen functional groups attached to an aromatic ring is 1. The van der Waals surface area contributed by atoms with Crippen molar-refractivity contribution in [3.63, 3.8) is 0 Å². The molecule has 5 heteroatoms. The van der Waals surface area contributed by atoms with Gasteiger partial charge in [0.05, 0.1) is 11.4 Å². The third-order valence-corrected chi connectivity index (χ3v) is 2.72. The molecule has 1 aliphatic carbocycles. The van der Waals surface area contributed by atoms with Crippen molar-refractivity contribution in [3.8, 4) is 5.75 Å². The van der Waals surface area contributed by atoms with Gasteiger partial charge in [-0.25, -0.2) is 4.79 Å². The van der Waals surface area contributed by atoms with Crippen LogP contribution >= 0.6 is 0 Å². The minimum absolute atomic E-state index is 0.0856. The Morgan fingerprint density at radius 2 is 2.19 bits per heavy atom. The average molecular weight is 221 g/mol. The lowest BCUT2D eigenvalue weighted by atomic mass is 9.93. The summed E-state index contributed by atoms with van der Waals surface area (Å²) in [6.45, 7) is 0. The predicted molar refractivity (Wildman–Crippen MR) is 62.3 cm³/mol. The number of benzene rings is 1. The van der Waals surface area contributed by atoms with Crippen LogP contribution in [-0.2, 0) is 0 Å². The number of anilines is 2. The van der Waals surface area contributed by atoms with Crippen molar-refractivity contribution in [2.24, 2.45) is 0 Å². The zero-order valence-electron chi connectivity index (χ0n) is 8.86. The van der Waals surface area contributed by atoms with Gasteiger partial charge in [0.25, 0.3) is 0 Å². The van der Waals surface area contributed by atoms with Gasteiger partial charge in [-0.1, -0.05) is 0 Å². The van der Waals surface area contributed by atoms with Crippen LogP contribution in [0.4, 0.5) is 16.2 Å². The molecule has 0 atom stereocenters. The molecule has 0 heterocycles. The molecule has 5 N–H and O–H groups in total. The van der Waals surface area contributed by atoms with Crippen LogP contribution < -0.4 is 16.4 Å². The van der Waals surface area contributed by atoms with E-state index in [9.17, 15) is 4.79 Å². The lowest BCUT2D eigenvalue weighted by Gasteiger charge is -2.26. The number of amides is 2. The Kier molecular flexibility index (Phi) is 2.85. The maximum Gasteiger partial charge on any atom is 0.319 e. The Labute approximate surface area is 93.6 Å². The molecule has 2 amide bonds. The minimum Gasteiger partial charge on any atom is -0.508 e. The predicted octanol–water partition coefficient (Wildman–Crippen LogP) is 1.65. The van der Waals surface area contributed by atoms with Crippen LogP contribution in [0.15, 0.2) is 18.2 Å². The number of urea groups is 1. The Hall–Kier alpha value is -1.91. The molecule has 86 valence electrons. The smallest absolute Gasteiger partial charge is 0.319 e. The van der Waals surface area contributed by atoms with Crippen molar-refractivity contribution in [3.05, 3.63) is 18.2 Å². The fourth-order valence-electron chi connectivity index (χ4n) is 1.56. The van der Waals surface area contributed by atoms with Crippen LogP contribution in [0.1, 0.15) is 19.3 Å². The molecule has 0 aliphatic heterocycles. The first-order valence-electron chi connectivity index (χ1n) is 5.31. The number of rotatable bonds is 2. The minimum atomic E-state index is -0.248. The summed E-state index contributed by atoms with van der Waals surface area (Å²) in [5.41, 5.74) is 6.50. The third-order valence-electron chi connectivity index (χ3n) is 2.72. The number of aromatic hydroxyl groups is 1. The third kappa shape index (κ3) is 2.36. The van der Waals surface area contributed by atoms with Crippen LogP contribution in [0, 0.1) is 0 Å².